The van der Waals surface area contributed by atoms with Crippen LogP contribution < -0.4 is 11.1 Å². The van der Waals surface area contributed by atoms with E-state index in [9.17, 15) is 0 Å². The van der Waals surface area contributed by atoms with Crippen LogP contribution in [0.4, 0.5) is 0 Å². The van der Waals surface area contributed by atoms with Crippen molar-refractivity contribution in [3.8, 4) is 0 Å². The van der Waals surface area contributed by atoms with Crippen molar-refractivity contribution in [3.63, 3.8) is 0 Å². The number of rotatable bonds is 4. The lowest BCUT2D eigenvalue weighted by molar-refractivity contribution is 0.317. The summed E-state index contributed by atoms with van der Waals surface area (Å²) in [7, 11) is 0. The van der Waals surface area contributed by atoms with Gasteiger partial charge in [0.05, 0.1) is 6.54 Å². The van der Waals surface area contributed by atoms with E-state index in [0.717, 1.165) is 11.3 Å². The Bertz CT molecular complexity index is 307. The van der Waals surface area contributed by atoms with E-state index in [4.69, 9.17) is 10.9 Å². The fourth-order valence-corrected chi connectivity index (χ4v) is 0.973. The van der Waals surface area contributed by atoms with E-state index >= 15 is 0 Å². The Kier molecular flexibility index (Phi) is 3.87. The monoisotopic (exact) mass is 194 g/mol. The van der Waals surface area contributed by atoms with Crippen LogP contribution in [0.25, 0.3) is 0 Å². The summed E-state index contributed by atoms with van der Waals surface area (Å²) in [5.41, 5.74) is 7.34. The molecule has 0 saturated heterocycles. The SMILES string of the molecule is Cc1ccc(CNCC(N)=NO)cn1. The van der Waals surface area contributed by atoms with Crippen molar-refractivity contribution in [2.24, 2.45) is 10.9 Å². The van der Waals surface area contributed by atoms with E-state index in [-0.39, 0.29) is 5.84 Å². The molecule has 1 rings (SSSR count). The van der Waals surface area contributed by atoms with Crippen LogP contribution in [0.1, 0.15) is 11.3 Å². The molecular weight excluding hydrogens is 180 g/mol. The van der Waals surface area contributed by atoms with Gasteiger partial charge in [0.2, 0.25) is 0 Å². The number of aromatic nitrogens is 1. The molecule has 1 aromatic heterocycles. The highest BCUT2D eigenvalue weighted by atomic mass is 16.4. The number of hydrogen-bond acceptors (Lipinski definition) is 4. The predicted octanol–water partition coefficient (Wildman–Crippen LogP) is 0.226. The number of nitrogens with one attached hydrogen (secondary N) is 1. The minimum atomic E-state index is 0.171. The molecule has 4 N–H and O–H groups in total. The van der Waals surface area contributed by atoms with Crippen LogP contribution in [-0.2, 0) is 6.54 Å². The Morgan fingerprint density at radius 3 is 3.00 bits per heavy atom. The molecular formula is C9H14N4O. The van der Waals surface area contributed by atoms with Crippen molar-refractivity contribution >= 4 is 5.84 Å². The van der Waals surface area contributed by atoms with E-state index < -0.39 is 0 Å². The average molecular weight is 194 g/mol. The van der Waals surface area contributed by atoms with Gasteiger partial charge in [0, 0.05) is 18.4 Å². The molecule has 1 aromatic rings. The molecule has 0 aliphatic heterocycles. The second-order valence-corrected chi connectivity index (χ2v) is 3.00. The van der Waals surface area contributed by atoms with Gasteiger partial charge in [-0.05, 0) is 18.6 Å². The second kappa shape index (κ2) is 5.18. The zero-order valence-corrected chi connectivity index (χ0v) is 8.07. The Morgan fingerprint density at radius 1 is 1.64 bits per heavy atom. The molecule has 0 aliphatic carbocycles. The van der Waals surface area contributed by atoms with Gasteiger partial charge < -0.3 is 16.3 Å². The summed E-state index contributed by atoms with van der Waals surface area (Å²) < 4.78 is 0. The van der Waals surface area contributed by atoms with E-state index in [1.165, 1.54) is 0 Å². The maximum atomic E-state index is 8.28. The normalized spacial score (nSPS) is 11.6. The molecule has 1 heterocycles. The molecule has 0 aromatic carbocycles. The molecule has 0 bridgehead atoms. The van der Waals surface area contributed by atoms with E-state index in [1.807, 2.05) is 19.1 Å². The largest absolute Gasteiger partial charge is 0.409 e. The number of nitrogens with zero attached hydrogens (tertiary/aromatic N) is 2. The fourth-order valence-electron chi connectivity index (χ4n) is 0.973. The Hall–Kier alpha value is -1.62. The van der Waals surface area contributed by atoms with Gasteiger partial charge in [0.25, 0.3) is 0 Å². The summed E-state index contributed by atoms with van der Waals surface area (Å²) in [6.07, 6.45) is 1.80. The lowest BCUT2D eigenvalue weighted by Crippen LogP contribution is -2.28. The van der Waals surface area contributed by atoms with Crippen LogP contribution in [0.5, 0.6) is 0 Å². The number of oxime groups is 1. The number of aryl methyl sites for hydroxylation is 1. The molecule has 0 fully saturated rings. The molecule has 5 nitrogen and oxygen atoms in total. The first-order valence-electron chi connectivity index (χ1n) is 4.31. The zero-order valence-electron chi connectivity index (χ0n) is 8.07. The standard InChI is InChI=1S/C9H14N4O/c1-7-2-3-8(5-12-7)4-11-6-9(10)13-14/h2-3,5,11,14H,4,6H2,1H3,(H2,10,13). The van der Waals surface area contributed by atoms with Crippen molar-refractivity contribution in [2.45, 2.75) is 13.5 Å². The highest BCUT2D eigenvalue weighted by Gasteiger charge is 1.94. The molecule has 0 radical (unpaired) electrons. The molecule has 0 spiro atoms. The minimum absolute atomic E-state index is 0.171. The summed E-state index contributed by atoms with van der Waals surface area (Å²) in [6, 6.07) is 3.93. The number of nitrogens with two attached hydrogens (primary N) is 1. The molecule has 0 amide bonds. The summed E-state index contributed by atoms with van der Waals surface area (Å²) in [6.45, 7) is 2.96. The van der Waals surface area contributed by atoms with E-state index in [1.54, 1.807) is 6.20 Å². The highest BCUT2D eigenvalue weighted by molar-refractivity contribution is 5.81. The highest BCUT2D eigenvalue weighted by Crippen LogP contribution is 1.97. The Labute approximate surface area is 82.6 Å². The van der Waals surface area contributed by atoms with Crippen LogP contribution >= 0.6 is 0 Å². The molecule has 0 aliphatic rings. The summed E-state index contributed by atoms with van der Waals surface area (Å²) in [5.74, 6) is 0.171. The van der Waals surface area contributed by atoms with Gasteiger partial charge in [0.15, 0.2) is 5.84 Å². The number of hydrogen-bond donors (Lipinski definition) is 3. The van der Waals surface area contributed by atoms with Crippen LogP contribution in [-0.4, -0.2) is 22.6 Å². The third-order valence-corrected chi connectivity index (χ3v) is 1.74. The first kappa shape index (κ1) is 10.5. The summed E-state index contributed by atoms with van der Waals surface area (Å²) in [4.78, 5) is 4.15. The molecule has 0 atom stereocenters. The number of amidine groups is 1. The third kappa shape index (κ3) is 3.40. The van der Waals surface area contributed by atoms with Crippen LogP contribution in [0.2, 0.25) is 0 Å². The molecule has 0 saturated carbocycles. The van der Waals surface area contributed by atoms with Crippen molar-refractivity contribution in [2.75, 3.05) is 6.54 Å². The average Bonchev–Trinajstić information content (AvgIpc) is 2.21. The third-order valence-electron chi connectivity index (χ3n) is 1.74. The Morgan fingerprint density at radius 2 is 2.43 bits per heavy atom. The minimum Gasteiger partial charge on any atom is -0.409 e. The molecule has 5 heteroatoms. The van der Waals surface area contributed by atoms with Gasteiger partial charge in [0.1, 0.15) is 0 Å². The van der Waals surface area contributed by atoms with Gasteiger partial charge in [-0.2, -0.15) is 0 Å². The van der Waals surface area contributed by atoms with E-state index in [2.05, 4.69) is 15.5 Å². The topological polar surface area (TPSA) is 83.5 Å². The van der Waals surface area contributed by atoms with Gasteiger partial charge >= 0.3 is 0 Å². The molecule has 14 heavy (non-hydrogen) atoms. The van der Waals surface area contributed by atoms with Crippen molar-refractivity contribution in [3.05, 3.63) is 29.6 Å². The lowest BCUT2D eigenvalue weighted by atomic mass is 10.2. The zero-order chi connectivity index (χ0) is 10.4. The van der Waals surface area contributed by atoms with Crippen LogP contribution in [0.15, 0.2) is 23.5 Å². The van der Waals surface area contributed by atoms with Crippen LogP contribution in [0.3, 0.4) is 0 Å². The first-order valence-corrected chi connectivity index (χ1v) is 4.31. The summed E-state index contributed by atoms with van der Waals surface area (Å²) >= 11 is 0. The maximum absolute atomic E-state index is 8.28. The van der Waals surface area contributed by atoms with E-state index in [0.29, 0.717) is 13.1 Å². The van der Waals surface area contributed by atoms with Crippen molar-refractivity contribution in [1.82, 2.24) is 10.3 Å². The van der Waals surface area contributed by atoms with Crippen LogP contribution in [0, 0.1) is 6.92 Å². The smallest absolute Gasteiger partial charge is 0.153 e. The Balaban J connectivity index is 2.35. The maximum Gasteiger partial charge on any atom is 0.153 e. The quantitative estimate of drug-likeness (QED) is 0.277. The molecule has 76 valence electrons. The lowest BCUT2D eigenvalue weighted by Gasteiger charge is -2.03. The number of pyridine rings is 1. The van der Waals surface area contributed by atoms with Gasteiger partial charge in [-0.3, -0.25) is 4.98 Å². The van der Waals surface area contributed by atoms with Gasteiger partial charge in [-0.25, -0.2) is 0 Å². The van der Waals surface area contributed by atoms with Gasteiger partial charge in [-0.15, -0.1) is 0 Å². The second-order valence-electron chi connectivity index (χ2n) is 3.00. The van der Waals surface area contributed by atoms with Crippen molar-refractivity contribution in [1.29, 1.82) is 0 Å². The molecule has 0 unspecified atom stereocenters. The van der Waals surface area contributed by atoms with Crippen molar-refractivity contribution < 1.29 is 5.21 Å². The van der Waals surface area contributed by atoms with Gasteiger partial charge in [-0.1, -0.05) is 11.2 Å². The predicted molar refractivity (Wildman–Crippen MR) is 54.1 cm³/mol. The fraction of sp³-hybridized carbons (Fsp3) is 0.333. The first-order chi connectivity index (χ1) is 6.72. The summed E-state index contributed by atoms with van der Waals surface area (Å²) in [5, 5.41) is 14.1.